The van der Waals surface area contributed by atoms with E-state index in [0.717, 1.165) is 37.7 Å². The topological polar surface area (TPSA) is 282 Å². The molecule has 2 spiro atoms. The van der Waals surface area contributed by atoms with Gasteiger partial charge in [0.25, 0.3) is 0 Å². The minimum absolute atomic E-state index is 0.0597. The summed E-state index contributed by atoms with van der Waals surface area (Å²) >= 11 is 0. The number of fused-ring (bicyclic) bond motifs is 4. The first-order valence-electron chi connectivity index (χ1n) is 24.9. The molecule has 5 saturated heterocycles. The molecule has 5 aliphatic heterocycles. The van der Waals surface area contributed by atoms with Crippen LogP contribution < -0.4 is 0 Å². The van der Waals surface area contributed by atoms with E-state index in [1.54, 1.807) is 6.92 Å². The van der Waals surface area contributed by atoms with Gasteiger partial charge in [-0.25, -0.2) is 0 Å². The molecule has 68 heavy (non-hydrogen) atoms. The smallest absolute Gasteiger partial charge is 0.303 e. The van der Waals surface area contributed by atoms with Gasteiger partial charge >= 0.3 is 5.97 Å². The van der Waals surface area contributed by atoms with E-state index in [4.69, 9.17) is 42.6 Å². The van der Waals surface area contributed by atoms with E-state index in [1.165, 1.54) is 6.92 Å². The number of hydrogen-bond acceptors (Lipinski definition) is 19. The van der Waals surface area contributed by atoms with Crippen LogP contribution in [0.2, 0.25) is 0 Å². The van der Waals surface area contributed by atoms with Crippen molar-refractivity contribution < 1.29 is 93.4 Å². The average Bonchev–Trinajstić information content (AvgIpc) is 3.90. The van der Waals surface area contributed by atoms with Crippen LogP contribution in [0.1, 0.15) is 100 Å². The molecule has 5 unspecified atom stereocenters. The molecule has 19 nitrogen and oxygen atoms in total. The predicted molar refractivity (Wildman–Crippen MR) is 234 cm³/mol. The third-order valence-electron chi connectivity index (χ3n) is 19.6. The van der Waals surface area contributed by atoms with E-state index in [0.29, 0.717) is 19.4 Å². The molecular formula is C49H78O19. The third kappa shape index (κ3) is 7.57. The van der Waals surface area contributed by atoms with Gasteiger partial charge in [-0.2, -0.15) is 0 Å². The van der Waals surface area contributed by atoms with Gasteiger partial charge < -0.3 is 88.6 Å². The zero-order valence-electron chi connectivity index (χ0n) is 40.7. The van der Waals surface area contributed by atoms with E-state index < -0.39 is 140 Å². The van der Waals surface area contributed by atoms with Gasteiger partial charge in [0.15, 0.2) is 30.8 Å². The molecule has 0 aromatic carbocycles. The van der Waals surface area contributed by atoms with Crippen LogP contribution in [0.15, 0.2) is 12.2 Å². The first-order valence-corrected chi connectivity index (χ1v) is 24.9. The van der Waals surface area contributed by atoms with E-state index in [9.17, 15) is 50.8 Å². The Morgan fingerprint density at radius 3 is 2.00 bits per heavy atom. The lowest BCUT2D eigenvalue weighted by Crippen LogP contribution is -2.71. The second-order valence-corrected chi connectivity index (χ2v) is 23.5. The molecule has 5 heterocycles. The maximum absolute atomic E-state index is 12.8. The lowest BCUT2D eigenvalue weighted by atomic mass is 9.35. The highest BCUT2D eigenvalue weighted by Gasteiger charge is 2.82. The minimum Gasteiger partial charge on any atom is -0.457 e. The van der Waals surface area contributed by atoms with Gasteiger partial charge in [0, 0.05) is 30.6 Å². The first kappa shape index (κ1) is 51.4. The van der Waals surface area contributed by atoms with Crippen LogP contribution >= 0.6 is 0 Å². The lowest BCUT2D eigenvalue weighted by Gasteiger charge is -2.70. The van der Waals surface area contributed by atoms with Crippen LogP contribution in [0.4, 0.5) is 0 Å². The Balaban J connectivity index is 0.978. The number of esters is 1. The predicted octanol–water partition coefficient (Wildman–Crippen LogP) is 0.393. The number of carbonyl (C=O) groups excluding carboxylic acids is 1. The Morgan fingerprint density at radius 1 is 0.765 bits per heavy atom. The van der Waals surface area contributed by atoms with Gasteiger partial charge in [0.1, 0.15) is 72.7 Å². The second-order valence-electron chi connectivity index (χ2n) is 23.5. The van der Waals surface area contributed by atoms with Crippen molar-refractivity contribution in [2.75, 3.05) is 26.4 Å². The Kier molecular flexibility index (Phi) is 13.5. The van der Waals surface area contributed by atoms with Crippen LogP contribution in [0.3, 0.4) is 0 Å². The van der Waals surface area contributed by atoms with Crippen LogP contribution in [0.25, 0.3) is 0 Å². The van der Waals surface area contributed by atoms with E-state index in [-0.39, 0.29) is 46.5 Å². The Hall–Kier alpha value is -1.47. The monoisotopic (exact) mass is 971 g/mol. The SMILES string of the molecule is C=C(C)C(C)[C@H]1O[C@]23C[C@]4(CO2)C(CCC2[C@@]5(C)CC[C@H](O[C@@H]6OC[C@H](O)[C@H](O[C@@H]7O[C@H](CO)[C@@H](O)[C@H](O)[C@H]7O)[C@H]6O[C@@H]6O[C@@H](CO)[C@H](O)[C@H]6O)C(C)(C)C5CC[C@]24C)C3[C@@](C)(O)[C@@H]1OC(C)=O. The normalized spacial score (nSPS) is 55.4. The number of aliphatic hydroxyl groups excluding tert-OH is 8. The molecule has 388 valence electrons. The van der Waals surface area contributed by atoms with Crippen LogP contribution in [0, 0.1) is 51.2 Å². The fourth-order valence-corrected chi connectivity index (χ4v) is 16.1. The van der Waals surface area contributed by atoms with Crippen molar-refractivity contribution in [1.29, 1.82) is 0 Å². The highest BCUT2D eigenvalue weighted by atomic mass is 16.8. The molecule has 0 aromatic rings. The summed E-state index contributed by atoms with van der Waals surface area (Å²) in [7, 11) is 0. The quantitative estimate of drug-likeness (QED) is 0.0770. The highest BCUT2D eigenvalue weighted by molar-refractivity contribution is 5.66. The molecule has 0 aromatic heterocycles. The van der Waals surface area contributed by atoms with Crippen molar-refractivity contribution in [3.8, 4) is 0 Å². The molecule has 19 heteroatoms. The zero-order valence-corrected chi connectivity index (χ0v) is 40.7. The number of rotatable bonds is 11. The van der Waals surface area contributed by atoms with Gasteiger partial charge in [-0.1, -0.05) is 46.8 Å². The minimum atomic E-state index is -1.81. The molecule has 2 bridgehead atoms. The lowest BCUT2D eigenvalue weighted by molar-refractivity contribution is -0.378. The van der Waals surface area contributed by atoms with Crippen molar-refractivity contribution in [3.05, 3.63) is 12.2 Å². The van der Waals surface area contributed by atoms with Crippen molar-refractivity contribution in [2.45, 2.75) is 210 Å². The summed E-state index contributed by atoms with van der Waals surface area (Å²) in [5.41, 5.74) is -1.73. The van der Waals surface area contributed by atoms with Crippen molar-refractivity contribution in [1.82, 2.24) is 0 Å². The number of carbonyl (C=O) groups is 1. The summed E-state index contributed by atoms with van der Waals surface area (Å²) in [5.74, 6) is -1.69. The van der Waals surface area contributed by atoms with E-state index in [1.807, 2.05) is 13.8 Å². The van der Waals surface area contributed by atoms with Gasteiger partial charge in [-0.15, -0.1) is 0 Å². The van der Waals surface area contributed by atoms with Gasteiger partial charge in [-0.05, 0) is 86.4 Å². The maximum atomic E-state index is 12.8. The molecule has 4 aliphatic carbocycles. The molecule has 9 fully saturated rings. The molecule has 26 atom stereocenters. The van der Waals surface area contributed by atoms with E-state index >= 15 is 0 Å². The maximum Gasteiger partial charge on any atom is 0.303 e. The highest BCUT2D eigenvalue weighted by Crippen LogP contribution is 2.80. The molecule has 9 rings (SSSR count). The van der Waals surface area contributed by atoms with Crippen LogP contribution in [-0.4, -0.2) is 188 Å². The zero-order chi connectivity index (χ0) is 49.4. The van der Waals surface area contributed by atoms with Gasteiger partial charge in [-0.3, -0.25) is 4.79 Å². The molecule has 0 amide bonds. The van der Waals surface area contributed by atoms with Crippen molar-refractivity contribution >= 4 is 5.97 Å². The van der Waals surface area contributed by atoms with Gasteiger partial charge in [0.2, 0.25) is 0 Å². The number of ether oxygens (including phenoxy) is 9. The Morgan fingerprint density at radius 2 is 1.38 bits per heavy atom. The molecule has 9 aliphatic rings. The number of aliphatic hydroxyl groups is 9. The summed E-state index contributed by atoms with van der Waals surface area (Å²) in [6.45, 7) is 19.4. The van der Waals surface area contributed by atoms with Crippen molar-refractivity contribution in [3.63, 3.8) is 0 Å². The summed E-state index contributed by atoms with van der Waals surface area (Å²) in [6, 6.07) is 0. The molecule has 4 saturated carbocycles. The molecule has 0 radical (unpaired) electrons. The fraction of sp³-hybridized carbons (Fsp3) is 0.939. The fourth-order valence-electron chi connectivity index (χ4n) is 16.1. The van der Waals surface area contributed by atoms with Gasteiger partial charge in [0.05, 0.1) is 32.5 Å². The summed E-state index contributed by atoms with van der Waals surface area (Å²) in [6.07, 6.45) is -16.1. The number of hydrogen-bond donors (Lipinski definition) is 9. The average molecular weight is 971 g/mol. The molecular weight excluding hydrogens is 893 g/mol. The Labute approximate surface area is 398 Å². The van der Waals surface area contributed by atoms with Crippen LogP contribution in [0.5, 0.6) is 0 Å². The largest absolute Gasteiger partial charge is 0.457 e. The second kappa shape index (κ2) is 17.9. The molecule has 9 N–H and O–H groups in total. The standard InChI is InChI=1S/C49H78O19/c1-21(2)22(3)36-40(62-23(4)52)47(9,59)39-24-10-11-29-45(7)14-13-30(44(5,6)28(45)12-15-46(29,8)48(24)19-49(39,68-36)61-20-48)65-43-38(67-41-34(57)32(55)27(17-51)64-41)37(25(53)18-60-43)66-42-35(58)33(56)31(54)26(16-50)63-42/h22,24-43,50-51,53-59H,1,10-20H2,2-9H3/t22?,24?,25-,26+,27-,28?,29?,30-,31+,32-,33-,34+,35+,36+,37-,38+,39?,40+,41-,42-,43-,45-,46+,47+,48-,49-/m0/s1. The van der Waals surface area contributed by atoms with Crippen molar-refractivity contribution in [2.24, 2.45) is 51.2 Å². The third-order valence-corrected chi connectivity index (χ3v) is 19.6. The summed E-state index contributed by atoms with van der Waals surface area (Å²) < 4.78 is 56.9. The first-order chi connectivity index (χ1) is 31.8. The summed E-state index contributed by atoms with van der Waals surface area (Å²) in [5, 5.41) is 97.5. The Bertz CT molecular complexity index is 1880. The van der Waals surface area contributed by atoms with E-state index in [2.05, 4.69) is 34.3 Å². The van der Waals surface area contributed by atoms with Crippen LogP contribution in [-0.2, 0) is 47.4 Å². The summed E-state index contributed by atoms with van der Waals surface area (Å²) in [4.78, 5) is 12.6.